The second kappa shape index (κ2) is 38.8. The molecule has 256 valence electrons. The zero-order chi connectivity index (χ0) is 31.6. The van der Waals surface area contributed by atoms with Crippen LogP contribution in [0.3, 0.4) is 0 Å². The van der Waals surface area contributed by atoms with Gasteiger partial charge in [0.15, 0.2) is 0 Å². The number of rotatable bonds is 32. The van der Waals surface area contributed by atoms with Crippen molar-refractivity contribution in [1.82, 2.24) is 0 Å². The van der Waals surface area contributed by atoms with Crippen LogP contribution in [-0.4, -0.2) is 23.0 Å². The summed E-state index contributed by atoms with van der Waals surface area (Å²) in [6.07, 6.45) is 29.3. The van der Waals surface area contributed by atoms with Gasteiger partial charge < -0.3 is 18.9 Å². The zero-order valence-corrected chi connectivity index (χ0v) is 36.7. The predicted molar refractivity (Wildman–Crippen MR) is 199 cm³/mol. The Kier molecular flexibility index (Phi) is 45.0. The molecule has 0 aliphatic carbocycles. The van der Waals surface area contributed by atoms with Crippen LogP contribution in [0.15, 0.2) is 0 Å². The van der Waals surface area contributed by atoms with Gasteiger partial charge in [0.25, 0.3) is 0 Å². The van der Waals surface area contributed by atoms with Gasteiger partial charge in [-0.3, -0.25) is 0 Å². The molecule has 0 N–H and O–H groups in total. The van der Waals surface area contributed by atoms with E-state index in [-0.39, 0.29) is 19.5 Å². The Balaban J connectivity index is -0.000000727. The molecular weight excluding hydrogens is 704 g/mol. The monoisotopic (exact) mass is 770 g/mol. The second-order valence-corrected chi connectivity index (χ2v) is 26.0. The fourth-order valence-corrected chi connectivity index (χ4v) is 15.4. The molecule has 0 aliphatic heterocycles. The number of hydrogen-bond acceptors (Lipinski definition) is 8. The van der Waals surface area contributed by atoms with Crippen molar-refractivity contribution < 1.29 is 38.4 Å². The molecule has 0 heterocycles. The first-order chi connectivity index (χ1) is 20.2. The Labute approximate surface area is 298 Å². The van der Waals surface area contributed by atoms with Gasteiger partial charge in [0.1, 0.15) is 11.5 Å². The quantitative estimate of drug-likeness (QED) is 0.0380. The van der Waals surface area contributed by atoms with E-state index in [1.807, 2.05) is 0 Å². The van der Waals surface area contributed by atoms with Crippen LogP contribution in [0.4, 0.5) is 0 Å². The first kappa shape index (κ1) is 49.8. The van der Waals surface area contributed by atoms with E-state index in [2.05, 4.69) is 27.7 Å². The molecule has 43 heavy (non-hydrogen) atoms. The maximum absolute atomic E-state index is 11.9. The Bertz CT molecular complexity index is 540. The van der Waals surface area contributed by atoms with E-state index < -0.39 is 11.5 Å². The molecule has 0 aromatic carbocycles. The van der Waals surface area contributed by atoms with E-state index in [4.69, 9.17) is 0 Å². The SMILES string of the molecule is CCCCCCCCSP(=O)([O-])SCCCCCCCC.CCCCCCCCSP(=O)([O-])SCCCCCCCC.[Zn+2]. The minimum atomic E-state index is -3.23. The molecule has 0 radical (unpaired) electrons. The van der Waals surface area contributed by atoms with Crippen LogP contribution in [0.5, 0.6) is 0 Å². The zero-order valence-electron chi connectivity index (χ0n) is 28.7. The number of hydrogen-bond donors (Lipinski definition) is 0. The van der Waals surface area contributed by atoms with Crippen LogP contribution in [0.1, 0.15) is 182 Å². The summed E-state index contributed by atoms with van der Waals surface area (Å²) in [5.41, 5.74) is 0. The van der Waals surface area contributed by atoms with E-state index in [1.165, 1.54) is 174 Å². The van der Waals surface area contributed by atoms with Gasteiger partial charge >= 0.3 is 19.5 Å². The first-order valence-corrected chi connectivity index (χ1v) is 27.1. The van der Waals surface area contributed by atoms with Crippen molar-refractivity contribution in [1.29, 1.82) is 0 Å². The third-order valence-electron chi connectivity index (χ3n) is 6.99. The summed E-state index contributed by atoms with van der Waals surface area (Å²) in [6.45, 7) is 8.85. The van der Waals surface area contributed by atoms with E-state index in [1.54, 1.807) is 0 Å². The van der Waals surface area contributed by atoms with Crippen LogP contribution in [0.25, 0.3) is 0 Å². The van der Waals surface area contributed by atoms with E-state index in [9.17, 15) is 18.9 Å². The fourth-order valence-electron chi connectivity index (χ4n) is 4.31. The van der Waals surface area contributed by atoms with Crippen molar-refractivity contribution in [2.75, 3.05) is 23.0 Å². The summed E-state index contributed by atoms with van der Waals surface area (Å²) in [7, 11) is 0. The summed E-state index contributed by atoms with van der Waals surface area (Å²) in [4.78, 5) is 23.7. The van der Waals surface area contributed by atoms with Gasteiger partial charge in [-0.25, -0.2) is 0 Å². The summed E-state index contributed by atoms with van der Waals surface area (Å²) in [5, 5.41) is 0. The smallest absolute Gasteiger partial charge is 0.784 e. The first-order valence-electron chi connectivity index (χ1n) is 17.4. The van der Waals surface area contributed by atoms with Gasteiger partial charge in [-0.1, -0.05) is 156 Å². The van der Waals surface area contributed by atoms with Gasteiger partial charge in [-0.05, 0) is 25.7 Å². The van der Waals surface area contributed by atoms with Gasteiger partial charge in [-0.2, -0.15) is 0 Å². The molecule has 11 heteroatoms. The van der Waals surface area contributed by atoms with Crippen molar-refractivity contribution in [3.63, 3.8) is 0 Å². The van der Waals surface area contributed by atoms with Gasteiger partial charge in [0, 0.05) is 23.0 Å². The van der Waals surface area contributed by atoms with E-state index in [0.29, 0.717) is 0 Å². The molecule has 4 nitrogen and oxygen atoms in total. The predicted octanol–water partition coefficient (Wildman–Crippen LogP) is 13.3. The molecule has 0 unspecified atom stereocenters. The third kappa shape index (κ3) is 44.4. The average Bonchev–Trinajstić information content (AvgIpc) is 2.95. The van der Waals surface area contributed by atoms with Crippen LogP contribution in [-0.2, 0) is 28.6 Å². The summed E-state index contributed by atoms with van der Waals surface area (Å²) in [5.74, 6) is -3.37. The second-order valence-electron chi connectivity index (χ2n) is 11.3. The Morgan fingerprint density at radius 3 is 0.698 bits per heavy atom. The minimum Gasteiger partial charge on any atom is -0.784 e. The van der Waals surface area contributed by atoms with Gasteiger partial charge in [0.05, 0.1) is 0 Å². The van der Waals surface area contributed by atoms with Crippen molar-refractivity contribution in [3.05, 3.63) is 0 Å². The molecule has 0 aromatic rings. The standard InChI is InChI=1S/2C16H35O2PS2.Zn/c2*1-3-5-7-9-11-13-15-20-19(17,18)21-16-14-12-10-8-6-4-2;/h2*3-16H2,1-2H3,(H,17,18);/q;;+2/p-2. The van der Waals surface area contributed by atoms with Gasteiger partial charge in [0.2, 0.25) is 0 Å². The Hall–Kier alpha value is 2.40. The molecule has 0 atom stereocenters. The summed E-state index contributed by atoms with van der Waals surface area (Å²) in [6, 6.07) is 0. The topological polar surface area (TPSA) is 80.3 Å². The van der Waals surface area contributed by atoms with Crippen LogP contribution < -0.4 is 9.79 Å². The van der Waals surface area contributed by atoms with Crippen molar-refractivity contribution in [3.8, 4) is 0 Å². The maximum Gasteiger partial charge on any atom is 2.00 e. The maximum atomic E-state index is 11.9. The van der Waals surface area contributed by atoms with Crippen LogP contribution in [0.2, 0.25) is 0 Å². The normalized spacial score (nSPS) is 11.7. The molecule has 0 rings (SSSR count). The van der Waals surface area contributed by atoms with Crippen LogP contribution >= 0.6 is 57.1 Å². The van der Waals surface area contributed by atoms with Gasteiger partial charge in [-0.15, -0.1) is 45.5 Å². The molecule has 0 saturated carbocycles. The molecule has 0 saturated heterocycles. The minimum absolute atomic E-state index is 0. The van der Waals surface area contributed by atoms with Crippen molar-refractivity contribution >= 4 is 57.1 Å². The molecule has 0 bridgehead atoms. The molecule has 0 fully saturated rings. The summed E-state index contributed by atoms with van der Waals surface area (Å²) >= 11 is 4.71. The molecule has 0 spiro atoms. The Morgan fingerprint density at radius 2 is 0.512 bits per heavy atom. The van der Waals surface area contributed by atoms with E-state index >= 15 is 0 Å². The number of unbranched alkanes of at least 4 members (excludes halogenated alkanes) is 20. The largest absolute Gasteiger partial charge is 2.00 e. The Morgan fingerprint density at radius 1 is 0.349 bits per heavy atom. The average molecular weight is 772 g/mol. The molecule has 0 aromatic heterocycles. The fraction of sp³-hybridized carbons (Fsp3) is 1.00. The summed E-state index contributed by atoms with van der Waals surface area (Å²) < 4.78 is 23.7. The third-order valence-corrected chi connectivity index (χ3v) is 19.9. The van der Waals surface area contributed by atoms with Crippen LogP contribution in [0, 0.1) is 0 Å². The van der Waals surface area contributed by atoms with E-state index in [0.717, 1.165) is 48.7 Å². The molecule has 0 amide bonds. The molecule has 0 aliphatic rings. The molecular formula is C32H68O4P2S4Zn. The van der Waals surface area contributed by atoms with Crippen molar-refractivity contribution in [2.45, 2.75) is 182 Å². The van der Waals surface area contributed by atoms with Crippen molar-refractivity contribution in [2.24, 2.45) is 0 Å².